The van der Waals surface area contributed by atoms with Gasteiger partial charge in [-0.25, -0.2) is 0 Å². The number of fused-ring (bicyclic) bond motifs is 3. The average molecular weight is 260 g/mol. The molecule has 2 bridgehead atoms. The van der Waals surface area contributed by atoms with Gasteiger partial charge in [0, 0.05) is 12.6 Å². The molecule has 4 rings (SSSR count). The molecule has 3 saturated heterocycles. The monoisotopic (exact) mass is 260 g/mol. The summed E-state index contributed by atoms with van der Waals surface area (Å²) in [5.41, 5.74) is 0.860. The Hall–Kier alpha value is -1.55. The second-order valence-electron chi connectivity index (χ2n) is 5.66. The Morgan fingerprint density at radius 3 is 2.79 bits per heavy atom. The molecule has 102 valence electrons. The minimum Gasteiger partial charge on any atom is -0.508 e. The number of amides is 1. The van der Waals surface area contributed by atoms with E-state index in [9.17, 15) is 9.90 Å². The van der Waals surface area contributed by atoms with E-state index < -0.39 is 0 Å². The zero-order chi connectivity index (χ0) is 13.2. The zero-order valence-corrected chi connectivity index (χ0v) is 11.0. The maximum Gasteiger partial charge on any atom is 0.224 e. The summed E-state index contributed by atoms with van der Waals surface area (Å²) in [5.74, 6) is 0.926. The van der Waals surface area contributed by atoms with Crippen molar-refractivity contribution in [3.05, 3.63) is 29.8 Å². The molecule has 3 fully saturated rings. The molecule has 0 aliphatic carbocycles. The number of benzene rings is 1. The molecule has 1 aromatic rings. The number of hydrogen-bond donors (Lipinski definition) is 2. The van der Waals surface area contributed by atoms with E-state index in [1.165, 1.54) is 25.9 Å². The molecule has 3 aliphatic heterocycles. The van der Waals surface area contributed by atoms with Crippen molar-refractivity contribution in [1.82, 2.24) is 10.2 Å². The van der Waals surface area contributed by atoms with E-state index >= 15 is 0 Å². The predicted molar refractivity (Wildman–Crippen MR) is 72.9 cm³/mol. The van der Waals surface area contributed by atoms with Crippen LogP contribution in [0.2, 0.25) is 0 Å². The molecule has 1 amide bonds. The topological polar surface area (TPSA) is 52.6 Å². The van der Waals surface area contributed by atoms with E-state index in [1.54, 1.807) is 18.2 Å². The van der Waals surface area contributed by atoms with E-state index in [0.717, 1.165) is 12.1 Å². The van der Waals surface area contributed by atoms with Crippen LogP contribution in [0.1, 0.15) is 18.4 Å². The van der Waals surface area contributed by atoms with Gasteiger partial charge in [0.2, 0.25) is 5.91 Å². The van der Waals surface area contributed by atoms with Crippen molar-refractivity contribution in [1.29, 1.82) is 0 Å². The Bertz CT molecular complexity index is 467. The van der Waals surface area contributed by atoms with Crippen molar-refractivity contribution in [2.45, 2.75) is 25.3 Å². The SMILES string of the molecule is O=C(Cc1cccc(O)c1)NC1CN2CCC1CC2. The lowest BCUT2D eigenvalue weighted by Gasteiger charge is -2.44. The van der Waals surface area contributed by atoms with E-state index in [1.807, 2.05) is 6.07 Å². The fraction of sp³-hybridized carbons (Fsp3) is 0.533. The Labute approximate surface area is 113 Å². The highest BCUT2D eigenvalue weighted by atomic mass is 16.3. The molecule has 3 heterocycles. The van der Waals surface area contributed by atoms with Gasteiger partial charge in [-0.3, -0.25) is 4.79 Å². The first kappa shape index (κ1) is 12.5. The summed E-state index contributed by atoms with van der Waals surface area (Å²) in [7, 11) is 0. The van der Waals surface area contributed by atoms with Gasteiger partial charge >= 0.3 is 0 Å². The van der Waals surface area contributed by atoms with Crippen molar-refractivity contribution in [2.75, 3.05) is 19.6 Å². The minimum atomic E-state index is 0.0596. The van der Waals surface area contributed by atoms with E-state index in [4.69, 9.17) is 0 Å². The van der Waals surface area contributed by atoms with Crippen LogP contribution in [0.3, 0.4) is 0 Å². The lowest BCUT2D eigenvalue weighted by molar-refractivity contribution is -0.122. The van der Waals surface area contributed by atoms with Crippen LogP contribution in [0.25, 0.3) is 0 Å². The van der Waals surface area contributed by atoms with Gasteiger partial charge in [-0.1, -0.05) is 12.1 Å². The summed E-state index contributed by atoms with van der Waals surface area (Å²) < 4.78 is 0. The van der Waals surface area contributed by atoms with Crippen molar-refractivity contribution in [3.63, 3.8) is 0 Å². The number of rotatable bonds is 3. The number of carbonyl (C=O) groups excluding carboxylic acids is 1. The van der Waals surface area contributed by atoms with Crippen LogP contribution in [0, 0.1) is 5.92 Å². The number of hydrogen-bond acceptors (Lipinski definition) is 3. The summed E-state index contributed by atoms with van der Waals surface area (Å²) in [4.78, 5) is 14.5. The summed E-state index contributed by atoms with van der Waals surface area (Å²) in [5, 5.41) is 12.6. The smallest absolute Gasteiger partial charge is 0.224 e. The number of aromatic hydroxyl groups is 1. The van der Waals surface area contributed by atoms with Crippen LogP contribution in [0.5, 0.6) is 5.75 Å². The Morgan fingerprint density at radius 2 is 2.16 bits per heavy atom. The van der Waals surface area contributed by atoms with E-state index in [2.05, 4.69) is 10.2 Å². The standard InChI is InChI=1S/C15H20N2O2/c18-13-3-1-2-11(8-13)9-15(19)16-14-10-17-6-4-12(14)5-7-17/h1-3,8,12,14,18H,4-7,9-10H2,(H,16,19). The Morgan fingerprint density at radius 1 is 1.37 bits per heavy atom. The van der Waals surface area contributed by atoms with Crippen LogP contribution >= 0.6 is 0 Å². The normalized spacial score (nSPS) is 29.2. The first-order valence-corrected chi connectivity index (χ1v) is 7.00. The van der Waals surface area contributed by atoms with Crippen LogP contribution in [0.15, 0.2) is 24.3 Å². The number of carbonyl (C=O) groups is 1. The molecule has 4 heteroatoms. The predicted octanol–water partition coefficient (Wildman–Crippen LogP) is 1.15. The van der Waals surface area contributed by atoms with Crippen LogP contribution in [-0.2, 0) is 11.2 Å². The highest BCUT2D eigenvalue weighted by Gasteiger charge is 2.34. The summed E-state index contributed by atoms with van der Waals surface area (Å²) in [6.45, 7) is 3.36. The largest absolute Gasteiger partial charge is 0.508 e. The van der Waals surface area contributed by atoms with Gasteiger partial charge in [0.1, 0.15) is 5.75 Å². The van der Waals surface area contributed by atoms with Crippen molar-refractivity contribution >= 4 is 5.91 Å². The molecule has 0 radical (unpaired) electrons. The molecule has 1 unspecified atom stereocenters. The quantitative estimate of drug-likeness (QED) is 0.857. The van der Waals surface area contributed by atoms with Crippen LogP contribution in [-0.4, -0.2) is 41.6 Å². The number of piperidine rings is 3. The molecule has 1 atom stereocenters. The van der Waals surface area contributed by atoms with E-state index in [-0.39, 0.29) is 11.7 Å². The van der Waals surface area contributed by atoms with Crippen molar-refractivity contribution in [3.8, 4) is 5.75 Å². The van der Waals surface area contributed by atoms with Crippen molar-refractivity contribution < 1.29 is 9.90 Å². The maximum atomic E-state index is 12.1. The van der Waals surface area contributed by atoms with Crippen LogP contribution in [0.4, 0.5) is 0 Å². The molecule has 0 spiro atoms. The third-order valence-corrected chi connectivity index (χ3v) is 4.28. The second-order valence-corrected chi connectivity index (χ2v) is 5.66. The van der Waals surface area contributed by atoms with Gasteiger partial charge in [0.25, 0.3) is 0 Å². The second kappa shape index (κ2) is 5.21. The third kappa shape index (κ3) is 2.89. The number of nitrogens with zero attached hydrogens (tertiary/aromatic N) is 1. The first-order valence-electron chi connectivity index (χ1n) is 7.00. The average Bonchev–Trinajstić information content (AvgIpc) is 2.40. The van der Waals surface area contributed by atoms with Crippen molar-refractivity contribution in [2.24, 2.45) is 5.92 Å². The van der Waals surface area contributed by atoms with Gasteiger partial charge in [-0.2, -0.15) is 0 Å². The molecular weight excluding hydrogens is 240 g/mol. The van der Waals surface area contributed by atoms with E-state index in [0.29, 0.717) is 18.4 Å². The molecule has 2 N–H and O–H groups in total. The molecule has 0 aromatic heterocycles. The van der Waals surface area contributed by atoms with Gasteiger partial charge in [0.15, 0.2) is 0 Å². The van der Waals surface area contributed by atoms with Gasteiger partial charge in [-0.15, -0.1) is 0 Å². The molecule has 1 aromatic carbocycles. The molecule has 0 saturated carbocycles. The number of phenols is 1. The lowest BCUT2D eigenvalue weighted by atomic mass is 9.84. The maximum absolute atomic E-state index is 12.1. The fourth-order valence-electron chi connectivity index (χ4n) is 3.24. The summed E-state index contributed by atoms with van der Waals surface area (Å²) >= 11 is 0. The summed E-state index contributed by atoms with van der Waals surface area (Å²) in [6.07, 6.45) is 2.76. The third-order valence-electron chi connectivity index (χ3n) is 4.28. The fourth-order valence-corrected chi connectivity index (χ4v) is 3.24. The highest BCUT2D eigenvalue weighted by molar-refractivity contribution is 5.79. The Balaban J connectivity index is 1.57. The van der Waals surface area contributed by atoms with Gasteiger partial charge in [-0.05, 0) is 49.5 Å². The zero-order valence-electron chi connectivity index (χ0n) is 11.0. The Kier molecular flexibility index (Phi) is 3.42. The molecular formula is C15H20N2O2. The highest BCUT2D eigenvalue weighted by Crippen LogP contribution is 2.27. The molecule has 4 nitrogen and oxygen atoms in total. The first-order chi connectivity index (χ1) is 9.20. The van der Waals surface area contributed by atoms with Gasteiger partial charge < -0.3 is 15.3 Å². The van der Waals surface area contributed by atoms with Crippen LogP contribution < -0.4 is 5.32 Å². The summed E-state index contributed by atoms with van der Waals surface area (Å²) in [6, 6.07) is 7.22. The van der Waals surface area contributed by atoms with Gasteiger partial charge in [0.05, 0.1) is 6.42 Å². The lowest BCUT2D eigenvalue weighted by Crippen LogP contribution is -2.57. The number of phenolic OH excluding ortho intramolecular Hbond substituents is 1. The number of nitrogens with one attached hydrogen (secondary N) is 1. The molecule has 19 heavy (non-hydrogen) atoms. The molecule has 3 aliphatic rings. The minimum absolute atomic E-state index is 0.0596.